The van der Waals surface area contributed by atoms with Crippen LogP contribution in [0.4, 0.5) is 0 Å². The van der Waals surface area contributed by atoms with E-state index in [1.807, 2.05) is 113 Å². The van der Waals surface area contributed by atoms with Crippen molar-refractivity contribution in [2.45, 2.75) is 137 Å². The van der Waals surface area contributed by atoms with Crippen LogP contribution in [0.3, 0.4) is 0 Å². The van der Waals surface area contributed by atoms with Gasteiger partial charge in [-0.25, -0.2) is 9.59 Å². The van der Waals surface area contributed by atoms with Crippen molar-refractivity contribution in [3.8, 4) is 0 Å². The maximum atomic E-state index is 11.6. The van der Waals surface area contributed by atoms with Crippen LogP contribution in [0.1, 0.15) is 122 Å². The van der Waals surface area contributed by atoms with E-state index < -0.39 is 21.1 Å². The average molecular weight is 743 g/mol. The number of rotatable bonds is 2. The summed E-state index contributed by atoms with van der Waals surface area (Å²) in [5.41, 5.74) is 1.85. The number of ether oxygens (including phenoxy) is 2. The highest BCUT2D eigenvalue weighted by Gasteiger charge is 2.63. The van der Waals surface area contributed by atoms with Crippen molar-refractivity contribution >= 4 is 54.5 Å². The highest BCUT2D eigenvalue weighted by molar-refractivity contribution is 9.10. The number of carbonyl (C=O) groups excluding carboxylic acids is 2. The Labute approximate surface area is 301 Å². The minimum absolute atomic E-state index is 0. The third kappa shape index (κ3) is 7.71. The summed E-state index contributed by atoms with van der Waals surface area (Å²) in [6, 6.07) is 11.2. The third-order valence-electron chi connectivity index (χ3n) is 10.7. The molecule has 0 amide bonds. The molecule has 0 aliphatic carbocycles. The van der Waals surface area contributed by atoms with Gasteiger partial charge >= 0.3 is 33.1 Å². The highest BCUT2D eigenvalue weighted by Crippen LogP contribution is 2.43. The first kappa shape index (κ1) is 39.6. The van der Waals surface area contributed by atoms with Gasteiger partial charge in [0.05, 0.1) is 44.7 Å². The Hall–Kier alpha value is -2.19. The van der Waals surface area contributed by atoms with Gasteiger partial charge < -0.3 is 37.4 Å². The summed E-state index contributed by atoms with van der Waals surface area (Å²) in [5.74, 6) is -0.491. The lowest BCUT2D eigenvalue weighted by atomic mass is 9.49. The second kappa shape index (κ2) is 13.4. The monoisotopic (exact) mass is 742 g/mol. The van der Waals surface area contributed by atoms with Gasteiger partial charge in [-0.1, -0.05) is 41.6 Å². The number of esters is 2. The quantitative estimate of drug-likeness (QED) is 0.245. The van der Waals surface area contributed by atoms with Crippen molar-refractivity contribution in [2.24, 2.45) is 0 Å². The van der Waals surface area contributed by atoms with E-state index in [4.69, 9.17) is 37.4 Å². The Kier molecular flexibility index (Phi) is 10.8. The minimum atomic E-state index is -0.476. The molecule has 5 heterocycles. The van der Waals surface area contributed by atoms with E-state index >= 15 is 0 Å². The summed E-state index contributed by atoms with van der Waals surface area (Å²) < 4.78 is 46.5. The first-order valence-electron chi connectivity index (χ1n) is 16.3. The van der Waals surface area contributed by atoms with Crippen molar-refractivity contribution in [3.05, 3.63) is 63.1 Å². The molecule has 0 N–H and O–H groups in total. The summed E-state index contributed by atoms with van der Waals surface area (Å²) >= 11 is 3.28. The predicted molar refractivity (Wildman–Crippen MR) is 193 cm³/mol. The molecule has 49 heavy (non-hydrogen) atoms. The molecule has 3 saturated heterocycles. The number of cyclic esters (lactones) is 2. The molecule has 10 nitrogen and oxygen atoms in total. The van der Waals surface area contributed by atoms with E-state index in [0.717, 1.165) is 21.1 Å². The number of hydrogen-bond acceptors (Lipinski definition) is 10. The number of halogens is 1. The smallest absolute Gasteiger partial charge is 0.457 e. The standard InChI is InChI=1S/C14H17BO4.C12H24B2O4.C8H5BrO2.CH4/c1-13(2)14(3,4)19-15(18-13)10-6-5-9-8-17-12(16)11(9)7-10;1-9(2)10(3,4)16-13(15-9)14-17-11(5,6)12(7,8)18-14;9-6-2-1-5-4-11-8(10)7(5)3-6;/h5-7H,8H2,1-4H3;1-8H3;1-3H,4H2;1H4. The Balaban J connectivity index is 0.000000169. The molecule has 3 fully saturated rings. The van der Waals surface area contributed by atoms with Crippen LogP contribution in [0.15, 0.2) is 40.9 Å². The van der Waals surface area contributed by atoms with Crippen molar-refractivity contribution in [1.82, 2.24) is 0 Å². The lowest BCUT2D eigenvalue weighted by Crippen LogP contribution is -2.41. The van der Waals surface area contributed by atoms with Gasteiger partial charge in [-0.05, 0) is 107 Å². The maximum Gasteiger partial charge on any atom is 0.494 e. The lowest BCUT2D eigenvalue weighted by molar-refractivity contribution is 0.00578. The predicted octanol–water partition coefficient (Wildman–Crippen LogP) is 6.66. The number of hydrogen-bond donors (Lipinski definition) is 0. The molecule has 0 spiro atoms. The van der Waals surface area contributed by atoms with Crippen molar-refractivity contribution in [1.29, 1.82) is 0 Å². The van der Waals surface area contributed by atoms with Crippen LogP contribution in [0.5, 0.6) is 0 Å². The third-order valence-corrected chi connectivity index (χ3v) is 11.1. The second-order valence-corrected chi connectivity index (χ2v) is 16.6. The zero-order valence-electron chi connectivity index (χ0n) is 30.1. The van der Waals surface area contributed by atoms with Crippen LogP contribution >= 0.6 is 15.9 Å². The zero-order valence-corrected chi connectivity index (χ0v) is 31.7. The first-order valence-corrected chi connectivity index (χ1v) is 17.1. The molecule has 0 unspecified atom stereocenters. The Bertz CT molecular complexity index is 1510. The minimum Gasteiger partial charge on any atom is -0.457 e. The van der Waals surface area contributed by atoms with Crippen LogP contribution < -0.4 is 5.46 Å². The molecule has 0 bridgehead atoms. The molecular weight excluding hydrogens is 693 g/mol. The van der Waals surface area contributed by atoms with E-state index in [2.05, 4.69) is 15.9 Å². The molecule has 2 aromatic carbocycles. The molecule has 266 valence electrons. The van der Waals surface area contributed by atoms with Gasteiger partial charge in [0.25, 0.3) is 0 Å². The molecule has 5 aliphatic heterocycles. The van der Waals surface area contributed by atoms with Gasteiger partial charge in [0.1, 0.15) is 13.2 Å². The van der Waals surface area contributed by atoms with Gasteiger partial charge in [0.2, 0.25) is 0 Å². The second-order valence-electron chi connectivity index (χ2n) is 15.7. The zero-order chi connectivity index (χ0) is 35.7. The Morgan fingerprint density at radius 1 is 0.531 bits per heavy atom. The first-order chi connectivity index (χ1) is 22.0. The molecule has 2 aromatic rings. The van der Waals surface area contributed by atoms with Crippen LogP contribution in [0.25, 0.3) is 0 Å². The fourth-order valence-electron chi connectivity index (χ4n) is 5.34. The molecule has 0 radical (unpaired) electrons. The van der Waals surface area contributed by atoms with E-state index in [1.54, 1.807) is 6.07 Å². The normalized spacial score (nSPS) is 24.1. The molecule has 0 atom stereocenters. The van der Waals surface area contributed by atoms with Gasteiger partial charge in [0, 0.05) is 15.6 Å². The molecule has 5 aliphatic rings. The topological polar surface area (TPSA) is 108 Å². The van der Waals surface area contributed by atoms with Crippen LogP contribution in [0, 0.1) is 0 Å². The molecule has 0 saturated carbocycles. The van der Waals surface area contributed by atoms with Crippen molar-refractivity contribution < 1.29 is 47.0 Å². The fraction of sp³-hybridized carbons (Fsp3) is 0.600. The summed E-state index contributed by atoms with van der Waals surface area (Å²) in [6.07, 6.45) is 0. The number of fused-ring (bicyclic) bond motifs is 2. The van der Waals surface area contributed by atoms with Gasteiger partial charge in [-0.3, -0.25) is 0 Å². The summed E-state index contributed by atoms with van der Waals surface area (Å²) in [4.78, 5) is 22.6. The molecule has 14 heteroatoms. The Morgan fingerprint density at radius 3 is 1.29 bits per heavy atom. The van der Waals surface area contributed by atoms with E-state index in [1.165, 1.54) is 0 Å². The summed E-state index contributed by atoms with van der Waals surface area (Å²) in [5, 5.41) is 0. The number of benzene rings is 2. The SMILES string of the molecule is C.CC1(C)OB(B2OC(C)(C)C(C)(C)O2)OC1(C)C.CC1(C)OB(c2ccc3c(c2)C(=O)OC3)OC1(C)C.O=C1OCc2ccc(Br)cc21. The van der Waals surface area contributed by atoms with E-state index in [0.29, 0.717) is 24.3 Å². The maximum absolute atomic E-state index is 11.6. The van der Waals surface area contributed by atoms with Crippen LogP contribution in [-0.4, -0.2) is 66.7 Å². The van der Waals surface area contributed by atoms with Gasteiger partial charge in [-0.15, -0.1) is 0 Å². The fourth-order valence-corrected chi connectivity index (χ4v) is 5.70. The number of carbonyl (C=O) groups is 2. The molecule has 7 rings (SSSR count). The summed E-state index contributed by atoms with van der Waals surface area (Å²) in [6.45, 7) is 25.0. The molecular formula is C35H50B3BrO10. The van der Waals surface area contributed by atoms with Crippen LogP contribution in [0.2, 0.25) is 0 Å². The lowest BCUT2D eigenvalue weighted by Gasteiger charge is -2.32. The molecule has 0 aromatic heterocycles. The van der Waals surface area contributed by atoms with Gasteiger partial charge in [-0.2, -0.15) is 0 Å². The Morgan fingerprint density at radius 2 is 0.878 bits per heavy atom. The largest absolute Gasteiger partial charge is 0.494 e. The van der Waals surface area contributed by atoms with Crippen molar-refractivity contribution in [3.63, 3.8) is 0 Å². The van der Waals surface area contributed by atoms with Gasteiger partial charge in [0.15, 0.2) is 0 Å². The van der Waals surface area contributed by atoms with E-state index in [-0.39, 0.29) is 53.0 Å². The highest BCUT2D eigenvalue weighted by atomic mass is 79.9. The average Bonchev–Trinajstić information content (AvgIpc) is 3.69. The van der Waals surface area contributed by atoms with Crippen LogP contribution in [-0.2, 0) is 50.6 Å². The van der Waals surface area contributed by atoms with Crippen molar-refractivity contribution in [2.75, 3.05) is 0 Å². The summed E-state index contributed by atoms with van der Waals surface area (Å²) in [7, 11) is -1.39. The van der Waals surface area contributed by atoms with E-state index in [9.17, 15) is 9.59 Å².